The molecule has 15 heavy (non-hydrogen) atoms. The van der Waals surface area contributed by atoms with E-state index in [9.17, 15) is 4.79 Å². The third-order valence-electron chi connectivity index (χ3n) is 1.75. The van der Waals surface area contributed by atoms with E-state index in [-0.39, 0.29) is 5.69 Å². The summed E-state index contributed by atoms with van der Waals surface area (Å²) in [4.78, 5) is 14.4. The molecule has 4 heteroatoms. The van der Waals surface area contributed by atoms with Crippen molar-refractivity contribution in [3.05, 3.63) is 36.5 Å². The summed E-state index contributed by atoms with van der Waals surface area (Å²) in [6, 6.07) is 4.68. The minimum absolute atomic E-state index is 0.00350. The molecule has 1 N–H and O–H groups in total. The van der Waals surface area contributed by atoms with Crippen LogP contribution in [0.4, 0.5) is 0 Å². The molecule has 0 spiro atoms. The molecule has 1 aromatic heterocycles. The Balaban J connectivity index is 2.50. The first-order valence-corrected chi connectivity index (χ1v) is 4.68. The van der Waals surface area contributed by atoms with Gasteiger partial charge in [-0.2, -0.15) is 0 Å². The number of hydrogen-bond donors (Lipinski definition) is 1. The normalized spacial score (nSPS) is 9.60. The predicted molar refractivity (Wildman–Crippen MR) is 56.1 cm³/mol. The lowest BCUT2D eigenvalue weighted by molar-refractivity contribution is 0.0689. The van der Waals surface area contributed by atoms with Gasteiger partial charge in [0.15, 0.2) is 5.69 Å². The van der Waals surface area contributed by atoms with E-state index in [0.29, 0.717) is 12.5 Å². The highest BCUT2D eigenvalue weighted by Crippen LogP contribution is 2.08. The van der Waals surface area contributed by atoms with Gasteiger partial charge in [-0.1, -0.05) is 12.1 Å². The molecule has 0 fully saturated rings. The number of nitrogens with zero attached hydrogens (tertiary/aromatic N) is 1. The van der Waals surface area contributed by atoms with Gasteiger partial charge in [0, 0.05) is 6.07 Å². The molecule has 0 aliphatic heterocycles. The number of pyridine rings is 1. The van der Waals surface area contributed by atoms with Gasteiger partial charge in [-0.25, -0.2) is 9.78 Å². The van der Waals surface area contributed by atoms with E-state index in [4.69, 9.17) is 9.84 Å². The van der Waals surface area contributed by atoms with Gasteiger partial charge < -0.3 is 9.84 Å². The highest BCUT2D eigenvalue weighted by molar-refractivity contribution is 5.85. The second kappa shape index (κ2) is 5.80. The van der Waals surface area contributed by atoms with Crippen molar-refractivity contribution in [2.45, 2.75) is 12.8 Å². The fourth-order valence-corrected chi connectivity index (χ4v) is 1.02. The van der Waals surface area contributed by atoms with E-state index in [2.05, 4.69) is 11.6 Å². The van der Waals surface area contributed by atoms with E-state index in [0.717, 1.165) is 12.8 Å². The predicted octanol–water partition coefficient (Wildman–Crippen LogP) is 2.12. The van der Waals surface area contributed by atoms with E-state index in [1.165, 1.54) is 6.07 Å². The van der Waals surface area contributed by atoms with Crippen LogP contribution in [-0.4, -0.2) is 22.7 Å². The molecule has 1 rings (SSSR count). The van der Waals surface area contributed by atoms with Crippen molar-refractivity contribution in [3.63, 3.8) is 0 Å². The second-order valence-corrected chi connectivity index (χ2v) is 2.95. The number of carboxylic acid groups (broad SMARTS) is 1. The molecule has 4 nitrogen and oxygen atoms in total. The maximum absolute atomic E-state index is 10.6. The Morgan fingerprint density at radius 3 is 3.07 bits per heavy atom. The summed E-state index contributed by atoms with van der Waals surface area (Å²) < 4.78 is 5.28. The first-order valence-electron chi connectivity index (χ1n) is 4.68. The third kappa shape index (κ3) is 3.81. The minimum Gasteiger partial charge on any atom is -0.478 e. The summed E-state index contributed by atoms with van der Waals surface area (Å²) in [7, 11) is 0. The zero-order valence-corrected chi connectivity index (χ0v) is 8.35. The molecule has 0 aromatic carbocycles. The summed E-state index contributed by atoms with van der Waals surface area (Å²) in [6.07, 6.45) is 3.53. The lowest BCUT2D eigenvalue weighted by Crippen LogP contribution is -2.03. The molecule has 0 atom stereocenters. The SMILES string of the molecule is C=CCCCOc1cccc(C(=O)O)n1. The summed E-state index contributed by atoms with van der Waals surface area (Å²) in [5, 5.41) is 8.69. The lowest BCUT2D eigenvalue weighted by Gasteiger charge is -2.04. The van der Waals surface area contributed by atoms with Crippen molar-refractivity contribution in [2.75, 3.05) is 6.61 Å². The van der Waals surface area contributed by atoms with Gasteiger partial charge >= 0.3 is 5.97 Å². The van der Waals surface area contributed by atoms with E-state index in [1.807, 2.05) is 6.08 Å². The monoisotopic (exact) mass is 207 g/mol. The van der Waals surface area contributed by atoms with E-state index < -0.39 is 5.97 Å². The minimum atomic E-state index is -1.05. The van der Waals surface area contributed by atoms with Crippen molar-refractivity contribution in [1.29, 1.82) is 0 Å². The van der Waals surface area contributed by atoms with Gasteiger partial charge in [0.1, 0.15) is 0 Å². The van der Waals surface area contributed by atoms with Gasteiger partial charge in [-0.3, -0.25) is 0 Å². The number of unbranched alkanes of at least 4 members (excludes halogenated alkanes) is 1. The molecule has 80 valence electrons. The molecule has 0 amide bonds. The number of carboxylic acids is 1. The number of rotatable bonds is 6. The molecule has 1 aromatic rings. The van der Waals surface area contributed by atoms with Crippen LogP contribution < -0.4 is 4.74 Å². The highest BCUT2D eigenvalue weighted by Gasteiger charge is 2.04. The van der Waals surface area contributed by atoms with Crippen LogP contribution in [0.3, 0.4) is 0 Å². The van der Waals surface area contributed by atoms with Crippen molar-refractivity contribution in [1.82, 2.24) is 4.98 Å². The molecule has 0 saturated carbocycles. The summed E-state index contributed by atoms with van der Waals surface area (Å²) in [5.41, 5.74) is -0.00350. The van der Waals surface area contributed by atoms with Crippen LogP contribution in [0, 0.1) is 0 Å². The van der Waals surface area contributed by atoms with Crippen LogP contribution in [0.2, 0.25) is 0 Å². The maximum Gasteiger partial charge on any atom is 0.354 e. The third-order valence-corrected chi connectivity index (χ3v) is 1.75. The average molecular weight is 207 g/mol. The molecule has 0 aliphatic rings. The van der Waals surface area contributed by atoms with Gasteiger partial charge in [0.25, 0.3) is 0 Å². The van der Waals surface area contributed by atoms with Crippen molar-refractivity contribution < 1.29 is 14.6 Å². The first-order chi connectivity index (χ1) is 7.24. The Kier molecular flexibility index (Phi) is 4.34. The molecule has 1 heterocycles. The van der Waals surface area contributed by atoms with Gasteiger partial charge in [0.2, 0.25) is 5.88 Å². The molecular formula is C11H13NO3. The molecular weight excluding hydrogens is 194 g/mol. The zero-order valence-electron chi connectivity index (χ0n) is 8.35. The van der Waals surface area contributed by atoms with Gasteiger partial charge in [-0.15, -0.1) is 6.58 Å². The number of aromatic carboxylic acids is 1. The Hall–Kier alpha value is -1.84. The zero-order chi connectivity index (χ0) is 11.1. The lowest BCUT2D eigenvalue weighted by atomic mass is 10.3. The van der Waals surface area contributed by atoms with Crippen LogP contribution in [0.25, 0.3) is 0 Å². The van der Waals surface area contributed by atoms with Gasteiger partial charge in [-0.05, 0) is 18.9 Å². The molecule has 0 saturated heterocycles. The maximum atomic E-state index is 10.6. The fourth-order valence-electron chi connectivity index (χ4n) is 1.02. The van der Waals surface area contributed by atoms with E-state index >= 15 is 0 Å². The number of carbonyl (C=O) groups is 1. The number of ether oxygens (including phenoxy) is 1. The molecule has 0 bridgehead atoms. The van der Waals surface area contributed by atoms with Crippen LogP contribution in [-0.2, 0) is 0 Å². The topological polar surface area (TPSA) is 59.4 Å². The van der Waals surface area contributed by atoms with E-state index in [1.54, 1.807) is 12.1 Å². The Labute approximate surface area is 88.2 Å². The number of hydrogen-bond acceptors (Lipinski definition) is 3. The second-order valence-electron chi connectivity index (χ2n) is 2.95. The van der Waals surface area contributed by atoms with Gasteiger partial charge in [0.05, 0.1) is 6.61 Å². The molecule has 0 unspecified atom stereocenters. The Morgan fingerprint density at radius 1 is 1.60 bits per heavy atom. The Bertz CT molecular complexity index is 349. The molecule has 0 radical (unpaired) electrons. The molecule has 0 aliphatic carbocycles. The fraction of sp³-hybridized carbons (Fsp3) is 0.273. The van der Waals surface area contributed by atoms with Crippen molar-refractivity contribution in [3.8, 4) is 5.88 Å². The van der Waals surface area contributed by atoms with Crippen molar-refractivity contribution in [2.24, 2.45) is 0 Å². The summed E-state index contributed by atoms with van der Waals surface area (Å²) >= 11 is 0. The number of allylic oxidation sites excluding steroid dienone is 1. The Morgan fingerprint density at radius 2 is 2.40 bits per heavy atom. The van der Waals surface area contributed by atoms with Crippen LogP contribution in [0.15, 0.2) is 30.9 Å². The van der Waals surface area contributed by atoms with Crippen LogP contribution in [0.1, 0.15) is 23.3 Å². The standard InChI is InChI=1S/C11H13NO3/c1-2-3-4-8-15-10-7-5-6-9(12-10)11(13)14/h2,5-7H,1,3-4,8H2,(H,13,14). The average Bonchev–Trinajstić information content (AvgIpc) is 2.25. The largest absolute Gasteiger partial charge is 0.478 e. The number of aromatic nitrogens is 1. The quantitative estimate of drug-likeness (QED) is 0.573. The summed E-state index contributed by atoms with van der Waals surface area (Å²) in [5.74, 6) is -0.703. The highest BCUT2D eigenvalue weighted by atomic mass is 16.5. The summed E-state index contributed by atoms with van der Waals surface area (Å²) in [6.45, 7) is 4.11. The van der Waals surface area contributed by atoms with Crippen LogP contribution in [0.5, 0.6) is 5.88 Å². The van der Waals surface area contributed by atoms with Crippen LogP contribution >= 0.6 is 0 Å². The van der Waals surface area contributed by atoms with Crippen molar-refractivity contribution >= 4 is 5.97 Å². The smallest absolute Gasteiger partial charge is 0.354 e. The first kappa shape index (κ1) is 11.2.